The number of carbonyl (C=O) groups is 1. The Morgan fingerprint density at radius 2 is 1.25 bits per heavy atom. The number of hydrogen-bond acceptors (Lipinski definition) is 3. The monoisotopic (exact) mass is 330 g/mol. The first-order valence-electron chi connectivity index (χ1n) is 9.27. The molecule has 2 unspecified atom stereocenters. The Bertz CT molecular complexity index is 581. The minimum atomic E-state index is 0.179. The van der Waals surface area contributed by atoms with Crippen LogP contribution in [0.4, 0.5) is 0 Å². The topological polar surface area (TPSA) is 43.4 Å². The van der Waals surface area contributed by atoms with E-state index in [1.54, 1.807) is 0 Å². The van der Waals surface area contributed by atoms with Crippen molar-refractivity contribution in [3.8, 4) is 0 Å². The van der Waals surface area contributed by atoms with Gasteiger partial charge in [0.25, 0.3) is 0 Å². The van der Waals surface area contributed by atoms with Gasteiger partial charge < -0.3 is 8.83 Å². The number of rotatable bonds is 10. The molecule has 0 amide bonds. The quantitative estimate of drug-likeness (QED) is 0.534. The zero-order valence-corrected chi connectivity index (χ0v) is 15.4. The molecule has 2 rings (SSSR count). The molecule has 0 aliphatic carbocycles. The highest BCUT2D eigenvalue weighted by atomic mass is 16.3. The van der Waals surface area contributed by atoms with Crippen LogP contribution in [0.15, 0.2) is 33.5 Å². The van der Waals surface area contributed by atoms with Gasteiger partial charge in [-0.05, 0) is 48.9 Å². The molecule has 0 aliphatic rings. The average molecular weight is 330 g/mol. The Morgan fingerprint density at radius 3 is 1.54 bits per heavy atom. The molecule has 0 aromatic carbocycles. The van der Waals surface area contributed by atoms with Crippen molar-refractivity contribution in [3.63, 3.8) is 0 Å². The fraction of sp³-hybridized carbons (Fsp3) is 0.571. The van der Waals surface area contributed by atoms with Crippen LogP contribution in [0.2, 0.25) is 0 Å². The van der Waals surface area contributed by atoms with Crippen LogP contribution in [-0.4, -0.2) is 5.78 Å². The van der Waals surface area contributed by atoms with Crippen molar-refractivity contribution in [3.05, 3.63) is 47.3 Å². The van der Waals surface area contributed by atoms with Gasteiger partial charge in [0.2, 0.25) is 0 Å². The van der Waals surface area contributed by atoms with E-state index in [0.717, 1.165) is 37.2 Å². The Balaban J connectivity index is 1.98. The van der Waals surface area contributed by atoms with Gasteiger partial charge in [0.15, 0.2) is 0 Å². The molecule has 2 aromatic heterocycles. The summed E-state index contributed by atoms with van der Waals surface area (Å²) < 4.78 is 11.3. The fourth-order valence-electron chi connectivity index (χ4n) is 3.11. The van der Waals surface area contributed by atoms with Gasteiger partial charge in [-0.25, -0.2) is 0 Å². The maximum atomic E-state index is 12.6. The van der Waals surface area contributed by atoms with Gasteiger partial charge in [-0.2, -0.15) is 0 Å². The van der Waals surface area contributed by atoms with E-state index in [9.17, 15) is 4.79 Å². The number of aryl methyl sites for hydroxylation is 2. The minimum absolute atomic E-state index is 0.179. The van der Waals surface area contributed by atoms with E-state index in [1.165, 1.54) is 11.1 Å². The van der Waals surface area contributed by atoms with Gasteiger partial charge in [-0.3, -0.25) is 4.79 Å². The standard InChI is InChI=1S/C21H30O3/c1-5-15-9-20(23-13-15)17(7-3)11-19(22)12-18(8-4)21-10-16(6-2)14-24-21/h9-10,13-14,17-18H,5-8,11-12H2,1-4H3. The van der Waals surface area contributed by atoms with Crippen LogP contribution in [0.5, 0.6) is 0 Å². The average Bonchev–Trinajstić information content (AvgIpc) is 3.26. The predicted molar refractivity (Wildman–Crippen MR) is 96.5 cm³/mol. The Kier molecular flexibility index (Phi) is 6.89. The number of furan rings is 2. The third-order valence-electron chi connectivity index (χ3n) is 4.90. The summed E-state index contributed by atoms with van der Waals surface area (Å²) in [6.45, 7) is 8.45. The van der Waals surface area contributed by atoms with Crippen molar-refractivity contribution < 1.29 is 13.6 Å². The smallest absolute Gasteiger partial charge is 0.134 e. The van der Waals surface area contributed by atoms with Gasteiger partial charge in [0.1, 0.15) is 17.3 Å². The van der Waals surface area contributed by atoms with Crippen molar-refractivity contribution in [2.75, 3.05) is 0 Å². The third kappa shape index (κ3) is 4.62. The molecule has 2 heterocycles. The van der Waals surface area contributed by atoms with Crippen molar-refractivity contribution in [1.82, 2.24) is 0 Å². The molecule has 0 spiro atoms. The third-order valence-corrected chi connectivity index (χ3v) is 4.90. The second-order valence-electron chi connectivity index (χ2n) is 6.58. The van der Waals surface area contributed by atoms with E-state index in [0.29, 0.717) is 12.8 Å². The highest BCUT2D eigenvalue weighted by Gasteiger charge is 2.22. The van der Waals surface area contributed by atoms with Crippen LogP contribution in [0.1, 0.15) is 87.9 Å². The second kappa shape index (κ2) is 8.91. The summed E-state index contributed by atoms with van der Waals surface area (Å²) >= 11 is 0. The zero-order valence-electron chi connectivity index (χ0n) is 15.4. The van der Waals surface area contributed by atoms with Crippen LogP contribution < -0.4 is 0 Å². The van der Waals surface area contributed by atoms with Gasteiger partial charge in [0.05, 0.1) is 12.5 Å². The molecule has 0 N–H and O–H groups in total. The molecule has 2 atom stereocenters. The highest BCUT2D eigenvalue weighted by Crippen LogP contribution is 2.30. The summed E-state index contributed by atoms with van der Waals surface area (Å²) in [4.78, 5) is 12.6. The molecule has 3 nitrogen and oxygen atoms in total. The molecular formula is C21H30O3. The normalized spacial score (nSPS) is 13.8. The number of ketones is 1. The SMILES string of the molecule is CCc1coc(C(CC)CC(=O)CC(CC)c2cc(CC)co2)c1. The van der Waals surface area contributed by atoms with Crippen LogP contribution in [0.25, 0.3) is 0 Å². The summed E-state index contributed by atoms with van der Waals surface area (Å²) in [7, 11) is 0. The summed E-state index contributed by atoms with van der Waals surface area (Å²) in [5.74, 6) is 2.54. The Hall–Kier alpha value is -1.77. The van der Waals surface area contributed by atoms with E-state index < -0.39 is 0 Å². The van der Waals surface area contributed by atoms with Gasteiger partial charge in [-0.15, -0.1) is 0 Å². The first-order valence-corrected chi connectivity index (χ1v) is 9.27. The lowest BCUT2D eigenvalue weighted by Gasteiger charge is -2.15. The van der Waals surface area contributed by atoms with Crippen LogP contribution in [-0.2, 0) is 17.6 Å². The van der Waals surface area contributed by atoms with Gasteiger partial charge in [0, 0.05) is 24.7 Å². The van der Waals surface area contributed by atoms with Crippen molar-refractivity contribution >= 4 is 5.78 Å². The molecule has 0 radical (unpaired) electrons. The molecule has 3 heteroatoms. The van der Waals surface area contributed by atoms with Crippen molar-refractivity contribution in [2.24, 2.45) is 0 Å². The lowest BCUT2D eigenvalue weighted by Crippen LogP contribution is -2.10. The largest absolute Gasteiger partial charge is 0.469 e. The van der Waals surface area contributed by atoms with E-state index in [1.807, 2.05) is 12.5 Å². The van der Waals surface area contributed by atoms with E-state index >= 15 is 0 Å². The second-order valence-corrected chi connectivity index (χ2v) is 6.58. The molecular weight excluding hydrogens is 300 g/mol. The number of hydrogen-bond donors (Lipinski definition) is 0. The summed E-state index contributed by atoms with van der Waals surface area (Å²) in [6, 6.07) is 4.19. The van der Waals surface area contributed by atoms with Crippen LogP contribution in [0.3, 0.4) is 0 Å². The number of Topliss-reactive ketones (excluding diaryl/α,β-unsaturated/α-hetero) is 1. The lowest BCUT2D eigenvalue weighted by atomic mass is 9.90. The first-order chi connectivity index (χ1) is 11.6. The molecule has 0 saturated heterocycles. The molecule has 2 aromatic rings. The molecule has 132 valence electrons. The molecule has 0 saturated carbocycles. The number of carbonyl (C=O) groups excluding carboxylic acids is 1. The predicted octanol–water partition coefficient (Wildman–Crippen LogP) is 6.03. The Morgan fingerprint density at radius 1 is 0.833 bits per heavy atom. The fourth-order valence-corrected chi connectivity index (χ4v) is 3.11. The molecule has 0 aliphatic heterocycles. The summed E-state index contributed by atoms with van der Waals surface area (Å²) in [6.07, 6.45) is 8.48. The van der Waals surface area contributed by atoms with Gasteiger partial charge >= 0.3 is 0 Å². The highest BCUT2D eigenvalue weighted by molar-refractivity contribution is 5.80. The van der Waals surface area contributed by atoms with Crippen LogP contribution in [0, 0.1) is 0 Å². The van der Waals surface area contributed by atoms with Gasteiger partial charge in [-0.1, -0.05) is 27.7 Å². The summed E-state index contributed by atoms with van der Waals surface area (Å²) in [5.41, 5.74) is 2.40. The Labute approximate surface area is 145 Å². The first kappa shape index (κ1) is 18.6. The molecule has 0 fully saturated rings. The van der Waals surface area contributed by atoms with Crippen molar-refractivity contribution in [2.45, 2.75) is 78.1 Å². The maximum Gasteiger partial charge on any atom is 0.134 e. The van der Waals surface area contributed by atoms with Crippen molar-refractivity contribution in [1.29, 1.82) is 0 Å². The maximum absolute atomic E-state index is 12.6. The lowest BCUT2D eigenvalue weighted by molar-refractivity contribution is -0.120. The summed E-state index contributed by atoms with van der Waals surface area (Å²) in [5, 5.41) is 0. The molecule has 0 bridgehead atoms. The minimum Gasteiger partial charge on any atom is -0.469 e. The van der Waals surface area contributed by atoms with E-state index in [-0.39, 0.29) is 17.6 Å². The van der Waals surface area contributed by atoms with E-state index in [2.05, 4.69) is 39.8 Å². The van der Waals surface area contributed by atoms with E-state index in [4.69, 9.17) is 8.83 Å². The van der Waals surface area contributed by atoms with Crippen LogP contribution >= 0.6 is 0 Å². The zero-order chi connectivity index (χ0) is 17.5. The molecule has 24 heavy (non-hydrogen) atoms.